The van der Waals surface area contributed by atoms with E-state index in [0.29, 0.717) is 0 Å². The third-order valence-corrected chi connectivity index (χ3v) is 5.01. The van der Waals surface area contributed by atoms with Crippen molar-refractivity contribution in [1.29, 1.82) is 0 Å². The molecule has 4 heteroatoms. The lowest BCUT2D eigenvalue weighted by molar-refractivity contribution is 0.417. The van der Waals surface area contributed by atoms with Crippen molar-refractivity contribution >= 4 is 11.0 Å². The highest BCUT2D eigenvalue weighted by atomic mass is 16.5. The highest BCUT2D eigenvalue weighted by molar-refractivity contribution is 6.01. The van der Waals surface area contributed by atoms with Gasteiger partial charge in [0.05, 0.1) is 19.1 Å². The van der Waals surface area contributed by atoms with E-state index in [1.165, 1.54) is 16.7 Å². The van der Waals surface area contributed by atoms with Gasteiger partial charge in [-0.15, -0.1) is 0 Å². The third kappa shape index (κ3) is 2.41. The van der Waals surface area contributed by atoms with E-state index in [9.17, 15) is 0 Å². The van der Waals surface area contributed by atoms with E-state index in [1.54, 1.807) is 13.4 Å². The fourth-order valence-electron chi connectivity index (χ4n) is 3.61. The Kier molecular flexibility index (Phi) is 3.83. The van der Waals surface area contributed by atoms with Crippen LogP contribution in [-0.4, -0.2) is 17.1 Å². The fourth-order valence-corrected chi connectivity index (χ4v) is 3.61. The summed E-state index contributed by atoms with van der Waals surface area (Å²) in [5, 5.41) is 1.03. The van der Waals surface area contributed by atoms with Crippen LogP contribution in [0.5, 0.6) is 5.75 Å². The summed E-state index contributed by atoms with van der Waals surface area (Å²) >= 11 is 0. The van der Waals surface area contributed by atoms with Crippen molar-refractivity contribution in [2.75, 3.05) is 7.11 Å². The molecule has 4 nitrogen and oxygen atoms in total. The van der Waals surface area contributed by atoms with Gasteiger partial charge in [-0.3, -0.25) is 0 Å². The normalized spacial score (nSPS) is 11.3. The molecule has 26 heavy (non-hydrogen) atoms. The first-order valence-electron chi connectivity index (χ1n) is 8.69. The van der Waals surface area contributed by atoms with Gasteiger partial charge in [-0.25, -0.2) is 4.98 Å². The molecule has 0 aliphatic heterocycles. The third-order valence-electron chi connectivity index (χ3n) is 5.01. The van der Waals surface area contributed by atoms with E-state index in [4.69, 9.17) is 14.1 Å². The number of nitrogens with zero attached hydrogens (tertiary/aromatic N) is 1. The number of furan rings is 1. The van der Waals surface area contributed by atoms with Crippen LogP contribution in [0.3, 0.4) is 0 Å². The number of fused-ring (bicyclic) bond motifs is 1. The molecule has 4 aromatic rings. The summed E-state index contributed by atoms with van der Waals surface area (Å²) in [4.78, 5) is 8.08. The molecule has 1 N–H and O–H groups in total. The number of imidazole rings is 1. The summed E-state index contributed by atoms with van der Waals surface area (Å²) in [6.07, 6.45) is 1.71. The number of aromatic amines is 1. The maximum Gasteiger partial charge on any atom is 0.148 e. The van der Waals surface area contributed by atoms with Crippen LogP contribution >= 0.6 is 0 Å². The molecule has 0 saturated heterocycles. The molecular weight excluding hydrogens is 324 g/mol. The monoisotopic (exact) mass is 346 g/mol. The topological polar surface area (TPSA) is 51.1 Å². The molecule has 4 rings (SSSR count). The lowest BCUT2D eigenvalue weighted by Gasteiger charge is -2.17. The first-order valence-corrected chi connectivity index (χ1v) is 8.69. The van der Waals surface area contributed by atoms with Gasteiger partial charge in [0.25, 0.3) is 0 Å². The minimum Gasteiger partial charge on any atom is -0.495 e. The summed E-state index contributed by atoms with van der Waals surface area (Å²) in [7, 11) is 1.70. The number of hydrogen-bond donors (Lipinski definition) is 1. The number of rotatable bonds is 3. The second-order valence-corrected chi connectivity index (χ2v) is 6.73. The van der Waals surface area contributed by atoms with Crippen molar-refractivity contribution in [2.24, 2.45) is 0 Å². The number of H-pyrrole nitrogens is 1. The minimum absolute atomic E-state index is 0.768. The Bertz CT molecular complexity index is 1080. The zero-order valence-corrected chi connectivity index (χ0v) is 15.7. The van der Waals surface area contributed by atoms with Gasteiger partial charge in [0.1, 0.15) is 22.7 Å². The van der Waals surface area contributed by atoms with Crippen LogP contribution in [0.4, 0.5) is 0 Å². The molecule has 0 aliphatic rings. The molecule has 0 atom stereocenters. The lowest BCUT2D eigenvalue weighted by Crippen LogP contribution is -1.97. The summed E-state index contributed by atoms with van der Waals surface area (Å²) < 4.78 is 11.7. The number of methoxy groups -OCH3 is 1. The highest BCUT2D eigenvalue weighted by Crippen LogP contribution is 2.45. The maximum atomic E-state index is 5.90. The minimum atomic E-state index is 0.768. The van der Waals surface area contributed by atoms with E-state index in [-0.39, 0.29) is 0 Å². The number of nitrogens with one attached hydrogen (secondary N) is 1. The molecule has 0 amide bonds. The van der Waals surface area contributed by atoms with E-state index >= 15 is 0 Å². The average Bonchev–Trinajstić information content (AvgIpc) is 3.20. The number of ether oxygens (including phenoxy) is 1. The number of benzene rings is 2. The van der Waals surface area contributed by atoms with Gasteiger partial charge in [0, 0.05) is 16.6 Å². The van der Waals surface area contributed by atoms with Gasteiger partial charge in [0.2, 0.25) is 0 Å². The fraction of sp³-hybridized carbons (Fsp3) is 0.227. The zero-order valence-electron chi connectivity index (χ0n) is 15.7. The van der Waals surface area contributed by atoms with Gasteiger partial charge < -0.3 is 14.1 Å². The quantitative estimate of drug-likeness (QED) is 0.515. The molecule has 132 valence electrons. The van der Waals surface area contributed by atoms with Crippen molar-refractivity contribution in [3.8, 4) is 28.3 Å². The Morgan fingerprint density at radius 2 is 1.73 bits per heavy atom. The van der Waals surface area contributed by atoms with Gasteiger partial charge in [0.15, 0.2) is 0 Å². The van der Waals surface area contributed by atoms with Gasteiger partial charge in [-0.05, 0) is 56.5 Å². The zero-order chi connectivity index (χ0) is 18.4. The Balaban J connectivity index is 2.13. The molecule has 0 unspecified atom stereocenters. The van der Waals surface area contributed by atoms with E-state index in [2.05, 4.69) is 43.1 Å². The van der Waals surface area contributed by atoms with E-state index in [0.717, 1.165) is 45.1 Å². The Labute approximate surface area is 152 Å². The van der Waals surface area contributed by atoms with Crippen LogP contribution in [0.15, 0.2) is 41.0 Å². The van der Waals surface area contributed by atoms with Crippen molar-refractivity contribution in [1.82, 2.24) is 9.97 Å². The second-order valence-electron chi connectivity index (χ2n) is 6.73. The maximum absolute atomic E-state index is 5.90. The molecule has 0 saturated carbocycles. The van der Waals surface area contributed by atoms with Crippen LogP contribution in [0.1, 0.15) is 22.5 Å². The Morgan fingerprint density at radius 1 is 1.00 bits per heavy atom. The number of hydrogen-bond acceptors (Lipinski definition) is 3. The van der Waals surface area contributed by atoms with E-state index < -0.39 is 0 Å². The molecule has 0 bridgehead atoms. The molecule has 0 aliphatic carbocycles. The standard InChI is InChI=1S/C22H22N2O2/c1-12-7-6-8-13(2)18(12)17-11-16-9-10-26-20(16)19(21(17)25-5)22-23-14(3)15(4)24-22/h6-11H,1-5H3,(H,23,24). The second kappa shape index (κ2) is 6.06. The summed E-state index contributed by atoms with van der Waals surface area (Å²) in [5.41, 5.74) is 8.33. The van der Waals surface area contributed by atoms with Crippen molar-refractivity contribution < 1.29 is 9.15 Å². The molecule has 0 spiro atoms. The summed E-state index contributed by atoms with van der Waals surface area (Å²) in [6.45, 7) is 8.27. The Hall–Kier alpha value is -3.01. The predicted molar refractivity (Wildman–Crippen MR) is 105 cm³/mol. The first-order chi connectivity index (χ1) is 12.5. The summed E-state index contributed by atoms with van der Waals surface area (Å²) in [5.74, 6) is 1.54. The average molecular weight is 346 g/mol. The molecule has 2 heterocycles. The van der Waals surface area contributed by atoms with Crippen LogP contribution in [0, 0.1) is 27.7 Å². The Morgan fingerprint density at radius 3 is 2.35 bits per heavy atom. The first kappa shape index (κ1) is 16.5. The van der Waals surface area contributed by atoms with Gasteiger partial charge >= 0.3 is 0 Å². The van der Waals surface area contributed by atoms with Crippen LogP contribution in [-0.2, 0) is 0 Å². The molecule has 2 aromatic heterocycles. The smallest absolute Gasteiger partial charge is 0.148 e. The summed E-state index contributed by atoms with van der Waals surface area (Å²) in [6, 6.07) is 10.5. The van der Waals surface area contributed by atoms with Crippen molar-refractivity contribution in [3.05, 3.63) is 59.1 Å². The SMILES string of the molecule is COc1c(-c2c(C)cccc2C)cc2ccoc2c1-c1nc(C)c(C)[nH]1. The number of aromatic nitrogens is 2. The van der Waals surface area contributed by atoms with Crippen LogP contribution in [0.25, 0.3) is 33.5 Å². The van der Waals surface area contributed by atoms with Crippen LogP contribution < -0.4 is 4.74 Å². The van der Waals surface area contributed by atoms with Gasteiger partial charge in [-0.2, -0.15) is 0 Å². The van der Waals surface area contributed by atoms with Crippen molar-refractivity contribution in [3.63, 3.8) is 0 Å². The molecule has 0 fully saturated rings. The van der Waals surface area contributed by atoms with E-state index in [1.807, 2.05) is 19.9 Å². The van der Waals surface area contributed by atoms with Crippen LogP contribution in [0.2, 0.25) is 0 Å². The largest absolute Gasteiger partial charge is 0.495 e. The predicted octanol–water partition coefficient (Wildman–Crippen LogP) is 5.73. The molecule has 2 aromatic carbocycles. The molecule has 0 radical (unpaired) electrons. The number of aryl methyl sites for hydroxylation is 4. The highest BCUT2D eigenvalue weighted by Gasteiger charge is 2.23. The van der Waals surface area contributed by atoms with Gasteiger partial charge in [-0.1, -0.05) is 18.2 Å². The molecular formula is C22H22N2O2. The van der Waals surface area contributed by atoms with Crippen molar-refractivity contribution in [2.45, 2.75) is 27.7 Å². The lowest BCUT2D eigenvalue weighted by atomic mass is 9.92.